The molecule has 1 saturated heterocycles. The van der Waals surface area contributed by atoms with Gasteiger partial charge in [0.05, 0.1) is 6.42 Å². The second-order valence-electron chi connectivity index (χ2n) is 6.74. The molecule has 0 N–H and O–H groups in total. The van der Waals surface area contributed by atoms with E-state index in [2.05, 4.69) is 36.1 Å². The van der Waals surface area contributed by atoms with Gasteiger partial charge in [-0.3, -0.25) is 9.69 Å². The summed E-state index contributed by atoms with van der Waals surface area (Å²) in [6, 6.07) is 16.2. The Balaban J connectivity index is 1.55. The van der Waals surface area contributed by atoms with Crippen LogP contribution >= 0.6 is 11.6 Å². The first-order valence-corrected chi connectivity index (χ1v) is 9.29. The highest BCUT2D eigenvalue weighted by atomic mass is 35.5. The zero-order valence-corrected chi connectivity index (χ0v) is 15.5. The highest BCUT2D eigenvalue weighted by molar-refractivity contribution is 6.30. The Labute approximate surface area is 155 Å². The van der Waals surface area contributed by atoms with Crippen molar-refractivity contribution in [2.45, 2.75) is 26.3 Å². The summed E-state index contributed by atoms with van der Waals surface area (Å²) in [7, 11) is 0. The second-order valence-corrected chi connectivity index (χ2v) is 7.18. The van der Waals surface area contributed by atoms with Crippen molar-refractivity contribution >= 4 is 17.5 Å². The van der Waals surface area contributed by atoms with E-state index >= 15 is 0 Å². The standard InChI is InChI=1S/C21H25ClN2O/c1-17-5-2-3-6-19(17)15-21(25)24-12-4-11-23(13-14-24)16-18-7-9-20(22)10-8-18/h2-3,5-10H,4,11-16H2,1H3. The lowest BCUT2D eigenvalue weighted by Gasteiger charge is -2.22. The zero-order valence-electron chi connectivity index (χ0n) is 14.7. The van der Waals surface area contributed by atoms with Gasteiger partial charge in [-0.15, -0.1) is 0 Å². The van der Waals surface area contributed by atoms with Crippen LogP contribution in [-0.2, 0) is 17.8 Å². The largest absolute Gasteiger partial charge is 0.341 e. The van der Waals surface area contributed by atoms with Gasteiger partial charge in [0.1, 0.15) is 0 Å². The van der Waals surface area contributed by atoms with Gasteiger partial charge in [-0.2, -0.15) is 0 Å². The molecule has 0 aliphatic carbocycles. The third-order valence-corrected chi connectivity index (χ3v) is 5.12. The predicted molar refractivity (Wildman–Crippen MR) is 103 cm³/mol. The maximum atomic E-state index is 12.7. The predicted octanol–water partition coefficient (Wildman–Crippen LogP) is 3.93. The highest BCUT2D eigenvalue weighted by Crippen LogP contribution is 2.14. The molecular weight excluding hydrogens is 332 g/mol. The van der Waals surface area contributed by atoms with Crippen molar-refractivity contribution in [2.75, 3.05) is 26.2 Å². The molecule has 3 rings (SSSR count). The monoisotopic (exact) mass is 356 g/mol. The number of carbonyl (C=O) groups is 1. The molecule has 1 aliphatic rings. The third kappa shape index (κ3) is 5.07. The molecule has 4 heteroatoms. The first-order valence-electron chi connectivity index (χ1n) is 8.91. The lowest BCUT2D eigenvalue weighted by atomic mass is 10.1. The van der Waals surface area contributed by atoms with Crippen LogP contribution in [0.15, 0.2) is 48.5 Å². The molecule has 0 radical (unpaired) electrons. The maximum Gasteiger partial charge on any atom is 0.227 e. The average molecular weight is 357 g/mol. The minimum Gasteiger partial charge on any atom is -0.341 e. The molecule has 25 heavy (non-hydrogen) atoms. The van der Waals surface area contributed by atoms with Crippen molar-refractivity contribution < 1.29 is 4.79 Å². The SMILES string of the molecule is Cc1ccccc1CC(=O)N1CCCN(Cc2ccc(Cl)cc2)CC1. The maximum absolute atomic E-state index is 12.7. The van der Waals surface area contributed by atoms with Gasteiger partial charge < -0.3 is 4.90 Å². The van der Waals surface area contributed by atoms with Gasteiger partial charge in [-0.05, 0) is 42.2 Å². The van der Waals surface area contributed by atoms with Crippen molar-refractivity contribution in [3.05, 3.63) is 70.2 Å². The van der Waals surface area contributed by atoms with Crippen LogP contribution in [0.4, 0.5) is 0 Å². The van der Waals surface area contributed by atoms with Crippen LogP contribution in [0.3, 0.4) is 0 Å². The van der Waals surface area contributed by atoms with E-state index in [1.807, 2.05) is 29.2 Å². The smallest absolute Gasteiger partial charge is 0.227 e. The third-order valence-electron chi connectivity index (χ3n) is 4.86. The van der Waals surface area contributed by atoms with Crippen LogP contribution in [0.5, 0.6) is 0 Å². The fourth-order valence-electron chi connectivity index (χ4n) is 3.31. The Morgan fingerprint density at radius 1 is 1.00 bits per heavy atom. The minimum absolute atomic E-state index is 0.239. The van der Waals surface area contributed by atoms with Crippen LogP contribution in [0.25, 0.3) is 0 Å². The molecule has 2 aromatic rings. The zero-order chi connectivity index (χ0) is 17.6. The fraction of sp³-hybridized carbons (Fsp3) is 0.381. The summed E-state index contributed by atoms with van der Waals surface area (Å²) >= 11 is 5.95. The van der Waals surface area contributed by atoms with Gasteiger partial charge in [-0.1, -0.05) is 48.0 Å². The van der Waals surface area contributed by atoms with Gasteiger partial charge in [0.15, 0.2) is 0 Å². The number of carbonyl (C=O) groups excluding carboxylic acids is 1. The molecule has 1 fully saturated rings. The number of nitrogens with zero attached hydrogens (tertiary/aromatic N) is 2. The molecule has 1 amide bonds. The molecule has 0 saturated carbocycles. The first-order chi connectivity index (χ1) is 12.1. The molecule has 1 aliphatic heterocycles. The lowest BCUT2D eigenvalue weighted by Crippen LogP contribution is -2.36. The molecule has 0 unspecified atom stereocenters. The van der Waals surface area contributed by atoms with E-state index in [4.69, 9.17) is 11.6 Å². The Morgan fingerprint density at radius 2 is 1.76 bits per heavy atom. The molecule has 0 spiro atoms. The number of hydrogen-bond donors (Lipinski definition) is 0. The summed E-state index contributed by atoms with van der Waals surface area (Å²) in [6.07, 6.45) is 1.52. The van der Waals surface area contributed by atoms with Gasteiger partial charge in [0.25, 0.3) is 0 Å². The van der Waals surface area contributed by atoms with Gasteiger partial charge in [0, 0.05) is 37.7 Å². The van der Waals surface area contributed by atoms with Gasteiger partial charge >= 0.3 is 0 Å². The molecule has 132 valence electrons. The van der Waals surface area contributed by atoms with Crippen LogP contribution in [0.2, 0.25) is 5.02 Å². The topological polar surface area (TPSA) is 23.6 Å². The summed E-state index contributed by atoms with van der Waals surface area (Å²) in [5.41, 5.74) is 3.59. The molecule has 0 bridgehead atoms. The number of halogens is 1. The Hall–Kier alpha value is -1.84. The van der Waals surface area contributed by atoms with Crippen LogP contribution in [0, 0.1) is 6.92 Å². The van der Waals surface area contributed by atoms with Crippen molar-refractivity contribution in [2.24, 2.45) is 0 Å². The van der Waals surface area contributed by atoms with Crippen molar-refractivity contribution in [1.29, 1.82) is 0 Å². The van der Waals surface area contributed by atoms with Crippen LogP contribution in [-0.4, -0.2) is 41.9 Å². The first kappa shape index (κ1) is 18.0. The van der Waals surface area contributed by atoms with E-state index in [-0.39, 0.29) is 5.91 Å². The molecule has 0 aromatic heterocycles. The molecule has 1 heterocycles. The minimum atomic E-state index is 0.239. The summed E-state index contributed by atoms with van der Waals surface area (Å²) in [6.45, 7) is 6.58. The normalized spacial score (nSPS) is 15.8. The Morgan fingerprint density at radius 3 is 2.52 bits per heavy atom. The summed E-state index contributed by atoms with van der Waals surface area (Å²) in [5.74, 6) is 0.239. The van der Waals surface area contributed by atoms with Gasteiger partial charge in [0.2, 0.25) is 5.91 Å². The van der Waals surface area contributed by atoms with Crippen LogP contribution < -0.4 is 0 Å². The molecule has 3 nitrogen and oxygen atoms in total. The fourth-order valence-corrected chi connectivity index (χ4v) is 3.44. The highest BCUT2D eigenvalue weighted by Gasteiger charge is 2.19. The van der Waals surface area contributed by atoms with E-state index in [0.29, 0.717) is 6.42 Å². The van der Waals surface area contributed by atoms with E-state index in [1.54, 1.807) is 0 Å². The lowest BCUT2D eigenvalue weighted by molar-refractivity contribution is -0.130. The number of aryl methyl sites for hydroxylation is 1. The van der Waals surface area contributed by atoms with Crippen LogP contribution in [0.1, 0.15) is 23.1 Å². The summed E-state index contributed by atoms with van der Waals surface area (Å²) < 4.78 is 0. The number of benzene rings is 2. The van der Waals surface area contributed by atoms with E-state index < -0.39 is 0 Å². The molecular formula is C21H25ClN2O. The average Bonchev–Trinajstić information content (AvgIpc) is 2.85. The van der Waals surface area contributed by atoms with E-state index in [1.165, 1.54) is 11.1 Å². The van der Waals surface area contributed by atoms with E-state index in [9.17, 15) is 4.79 Å². The number of amides is 1. The van der Waals surface area contributed by atoms with Crippen molar-refractivity contribution in [3.8, 4) is 0 Å². The molecule has 0 atom stereocenters. The molecule has 2 aromatic carbocycles. The number of hydrogen-bond acceptors (Lipinski definition) is 2. The second kappa shape index (κ2) is 8.50. The summed E-state index contributed by atoms with van der Waals surface area (Å²) in [5, 5.41) is 0.771. The Bertz CT molecular complexity index is 714. The summed E-state index contributed by atoms with van der Waals surface area (Å²) in [4.78, 5) is 17.1. The number of rotatable bonds is 4. The van der Waals surface area contributed by atoms with Crippen molar-refractivity contribution in [3.63, 3.8) is 0 Å². The van der Waals surface area contributed by atoms with E-state index in [0.717, 1.165) is 49.7 Å². The van der Waals surface area contributed by atoms with Crippen molar-refractivity contribution in [1.82, 2.24) is 9.80 Å². The van der Waals surface area contributed by atoms with Gasteiger partial charge in [-0.25, -0.2) is 0 Å². The quantitative estimate of drug-likeness (QED) is 0.828. The Kier molecular flexibility index (Phi) is 6.11.